The molecule has 4 heteroatoms. The van der Waals surface area contributed by atoms with E-state index >= 15 is 0 Å². The van der Waals surface area contributed by atoms with E-state index in [9.17, 15) is 9.18 Å². The standard InChI is InChI=1S/C14H20FNO2/c1-13(2,3)18-12(17)14(4,9-16)10-7-5-6-8-11(10)15/h5-8H,9,16H2,1-4H3. The highest BCUT2D eigenvalue weighted by atomic mass is 19.1. The Bertz CT molecular complexity index is 440. The van der Waals surface area contributed by atoms with E-state index in [1.54, 1.807) is 45.9 Å². The molecule has 0 amide bonds. The number of benzene rings is 1. The number of hydrogen-bond acceptors (Lipinski definition) is 3. The minimum atomic E-state index is -1.17. The second-order valence-electron chi connectivity index (χ2n) is 5.52. The van der Waals surface area contributed by atoms with Gasteiger partial charge in [0.1, 0.15) is 16.8 Å². The number of carbonyl (C=O) groups excluding carboxylic acids is 1. The van der Waals surface area contributed by atoms with Crippen molar-refractivity contribution in [2.75, 3.05) is 6.54 Å². The van der Waals surface area contributed by atoms with Crippen molar-refractivity contribution in [2.24, 2.45) is 5.73 Å². The number of hydrogen-bond donors (Lipinski definition) is 1. The monoisotopic (exact) mass is 253 g/mol. The summed E-state index contributed by atoms with van der Waals surface area (Å²) in [6, 6.07) is 6.13. The fourth-order valence-corrected chi connectivity index (χ4v) is 1.60. The van der Waals surface area contributed by atoms with E-state index in [0.717, 1.165) is 0 Å². The molecule has 0 fully saturated rings. The van der Waals surface area contributed by atoms with E-state index in [1.165, 1.54) is 6.07 Å². The summed E-state index contributed by atoms with van der Waals surface area (Å²) in [5, 5.41) is 0. The Morgan fingerprint density at radius 2 is 1.83 bits per heavy atom. The molecule has 1 atom stereocenters. The minimum Gasteiger partial charge on any atom is -0.459 e. The lowest BCUT2D eigenvalue weighted by atomic mass is 9.82. The van der Waals surface area contributed by atoms with Crippen molar-refractivity contribution in [3.63, 3.8) is 0 Å². The molecule has 100 valence electrons. The lowest BCUT2D eigenvalue weighted by molar-refractivity contribution is -0.161. The number of esters is 1. The molecule has 1 aromatic carbocycles. The van der Waals surface area contributed by atoms with Crippen LogP contribution in [0.4, 0.5) is 4.39 Å². The molecule has 0 radical (unpaired) electrons. The Morgan fingerprint density at radius 3 is 2.28 bits per heavy atom. The van der Waals surface area contributed by atoms with Gasteiger partial charge in [-0.05, 0) is 33.8 Å². The van der Waals surface area contributed by atoms with Gasteiger partial charge in [0, 0.05) is 12.1 Å². The van der Waals surface area contributed by atoms with Crippen molar-refractivity contribution < 1.29 is 13.9 Å². The quantitative estimate of drug-likeness (QED) is 0.841. The summed E-state index contributed by atoms with van der Waals surface area (Å²) in [7, 11) is 0. The molecule has 0 aliphatic heterocycles. The lowest BCUT2D eigenvalue weighted by Crippen LogP contribution is -2.44. The van der Waals surface area contributed by atoms with Gasteiger partial charge in [0.05, 0.1) is 0 Å². The summed E-state index contributed by atoms with van der Waals surface area (Å²) < 4.78 is 19.1. The average Bonchev–Trinajstić information content (AvgIpc) is 2.26. The maximum Gasteiger partial charge on any atom is 0.318 e. The summed E-state index contributed by atoms with van der Waals surface area (Å²) in [6.07, 6.45) is 0. The molecule has 1 aromatic rings. The topological polar surface area (TPSA) is 52.3 Å². The van der Waals surface area contributed by atoms with Crippen molar-refractivity contribution in [1.29, 1.82) is 0 Å². The fourth-order valence-electron chi connectivity index (χ4n) is 1.60. The zero-order valence-electron chi connectivity index (χ0n) is 11.3. The van der Waals surface area contributed by atoms with Gasteiger partial charge in [-0.2, -0.15) is 0 Å². The van der Waals surface area contributed by atoms with E-state index in [4.69, 9.17) is 10.5 Å². The SMILES string of the molecule is CC(C)(C)OC(=O)C(C)(CN)c1ccccc1F. The molecule has 0 heterocycles. The van der Waals surface area contributed by atoms with Gasteiger partial charge >= 0.3 is 5.97 Å². The third kappa shape index (κ3) is 3.07. The van der Waals surface area contributed by atoms with E-state index < -0.39 is 22.8 Å². The van der Waals surface area contributed by atoms with Gasteiger partial charge < -0.3 is 10.5 Å². The molecule has 0 saturated carbocycles. The summed E-state index contributed by atoms with van der Waals surface area (Å²) in [5.41, 5.74) is 4.13. The van der Waals surface area contributed by atoms with Crippen LogP contribution in [0.25, 0.3) is 0 Å². The molecular formula is C14H20FNO2. The smallest absolute Gasteiger partial charge is 0.318 e. The van der Waals surface area contributed by atoms with E-state index in [0.29, 0.717) is 0 Å². The van der Waals surface area contributed by atoms with Crippen molar-refractivity contribution in [2.45, 2.75) is 38.7 Å². The van der Waals surface area contributed by atoms with Gasteiger partial charge in [0.25, 0.3) is 0 Å². The molecule has 3 nitrogen and oxygen atoms in total. The molecule has 18 heavy (non-hydrogen) atoms. The lowest BCUT2D eigenvalue weighted by Gasteiger charge is -2.31. The van der Waals surface area contributed by atoms with Crippen LogP contribution >= 0.6 is 0 Å². The molecule has 0 aliphatic carbocycles. The van der Waals surface area contributed by atoms with Gasteiger partial charge in [0.15, 0.2) is 0 Å². The normalized spacial score (nSPS) is 15.0. The largest absolute Gasteiger partial charge is 0.459 e. The highest BCUT2D eigenvalue weighted by molar-refractivity contribution is 5.83. The van der Waals surface area contributed by atoms with Gasteiger partial charge in [-0.1, -0.05) is 18.2 Å². The van der Waals surface area contributed by atoms with Crippen LogP contribution in [0.5, 0.6) is 0 Å². The molecule has 1 unspecified atom stereocenters. The van der Waals surface area contributed by atoms with Gasteiger partial charge in [0.2, 0.25) is 0 Å². The first-order valence-corrected chi connectivity index (χ1v) is 5.89. The first kappa shape index (κ1) is 14.6. The summed E-state index contributed by atoms with van der Waals surface area (Å²) in [4.78, 5) is 12.2. The minimum absolute atomic E-state index is 0.0111. The summed E-state index contributed by atoms with van der Waals surface area (Å²) >= 11 is 0. The number of rotatable bonds is 3. The van der Waals surface area contributed by atoms with Crippen LogP contribution in [-0.4, -0.2) is 18.1 Å². The molecule has 0 spiro atoms. The van der Waals surface area contributed by atoms with Crippen LogP contribution < -0.4 is 5.73 Å². The predicted molar refractivity (Wildman–Crippen MR) is 68.7 cm³/mol. The van der Waals surface area contributed by atoms with Gasteiger partial charge in [-0.25, -0.2) is 4.39 Å². The molecule has 2 N–H and O–H groups in total. The first-order chi connectivity index (χ1) is 8.20. The molecule has 0 bridgehead atoms. The average molecular weight is 253 g/mol. The zero-order chi connectivity index (χ0) is 14.0. The van der Waals surface area contributed by atoms with Crippen LogP contribution in [0.2, 0.25) is 0 Å². The Kier molecular flexibility index (Phi) is 4.12. The first-order valence-electron chi connectivity index (χ1n) is 5.89. The third-order valence-electron chi connectivity index (χ3n) is 2.73. The predicted octanol–water partition coefficient (Wildman–Crippen LogP) is 2.38. The van der Waals surface area contributed by atoms with Crippen LogP contribution in [0.1, 0.15) is 33.3 Å². The van der Waals surface area contributed by atoms with E-state index in [1.807, 2.05) is 0 Å². The van der Waals surface area contributed by atoms with Gasteiger partial charge in [-0.3, -0.25) is 4.79 Å². The maximum absolute atomic E-state index is 13.8. The molecule has 0 saturated heterocycles. The summed E-state index contributed by atoms with van der Waals surface area (Å²) in [5.74, 6) is -0.959. The number of halogens is 1. The Balaban J connectivity index is 3.14. The third-order valence-corrected chi connectivity index (χ3v) is 2.73. The van der Waals surface area contributed by atoms with Crippen LogP contribution in [0, 0.1) is 5.82 Å². The van der Waals surface area contributed by atoms with Crippen molar-refractivity contribution in [1.82, 2.24) is 0 Å². The Morgan fingerprint density at radius 1 is 1.28 bits per heavy atom. The number of carbonyl (C=O) groups is 1. The maximum atomic E-state index is 13.8. The molecular weight excluding hydrogens is 233 g/mol. The highest BCUT2D eigenvalue weighted by Gasteiger charge is 2.39. The molecule has 0 aliphatic rings. The zero-order valence-corrected chi connectivity index (χ0v) is 11.3. The molecule has 1 rings (SSSR count). The van der Waals surface area contributed by atoms with Gasteiger partial charge in [-0.15, -0.1) is 0 Å². The Labute approximate surface area is 107 Å². The molecule has 0 aromatic heterocycles. The van der Waals surface area contributed by atoms with E-state index in [2.05, 4.69) is 0 Å². The number of ether oxygens (including phenoxy) is 1. The van der Waals surface area contributed by atoms with Crippen LogP contribution in [0.3, 0.4) is 0 Å². The Hall–Kier alpha value is -1.42. The van der Waals surface area contributed by atoms with Crippen LogP contribution in [-0.2, 0) is 14.9 Å². The van der Waals surface area contributed by atoms with Crippen molar-refractivity contribution >= 4 is 5.97 Å². The van der Waals surface area contributed by atoms with Crippen molar-refractivity contribution in [3.8, 4) is 0 Å². The van der Waals surface area contributed by atoms with E-state index in [-0.39, 0.29) is 12.1 Å². The second-order valence-corrected chi connectivity index (χ2v) is 5.52. The summed E-state index contributed by atoms with van der Waals surface area (Å²) in [6.45, 7) is 6.89. The van der Waals surface area contributed by atoms with Crippen LogP contribution in [0.15, 0.2) is 24.3 Å². The highest BCUT2D eigenvalue weighted by Crippen LogP contribution is 2.28. The number of nitrogens with two attached hydrogens (primary N) is 1. The van der Waals surface area contributed by atoms with Crippen molar-refractivity contribution in [3.05, 3.63) is 35.6 Å². The fraction of sp³-hybridized carbons (Fsp3) is 0.500. The second kappa shape index (κ2) is 5.06.